The Balaban J connectivity index is 2.44. The highest BCUT2D eigenvalue weighted by Gasteiger charge is 2.19. The zero-order valence-electron chi connectivity index (χ0n) is 9.50. The second kappa shape index (κ2) is 6.37. The molecule has 0 aliphatic rings. The lowest BCUT2D eigenvalue weighted by molar-refractivity contribution is -0.123. The van der Waals surface area contributed by atoms with E-state index < -0.39 is 6.04 Å². The molecule has 16 heavy (non-hydrogen) atoms. The molecule has 0 saturated heterocycles. The molecule has 3 N–H and O–H groups in total. The van der Waals surface area contributed by atoms with Crippen LogP contribution in [0.15, 0.2) is 15.9 Å². The molecule has 2 unspecified atom stereocenters. The monoisotopic (exact) mass is 304 g/mol. The molecule has 1 rings (SSSR count). The molecule has 0 saturated carbocycles. The molecule has 5 heteroatoms. The number of nitrogens with two attached hydrogens (primary N) is 1. The number of nitrogens with one attached hydrogen (secondary N) is 1. The van der Waals surface area contributed by atoms with Crippen molar-refractivity contribution in [3.05, 3.63) is 20.8 Å². The number of thiophene rings is 1. The topological polar surface area (TPSA) is 55.1 Å². The summed E-state index contributed by atoms with van der Waals surface area (Å²) in [6, 6.07) is 1.56. The van der Waals surface area contributed by atoms with Gasteiger partial charge in [-0.25, -0.2) is 0 Å². The van der Waals surface area contributed by atoms with Gasteiger partial charge in [0.15, 0.2) is 0 Å². The lowest BCUT2D eigenvalue weighted by Gasteiger charge is -2.17. The van der Waals surface area contributed by atoms with Crippen LogP contribution < -0.4 is 11.1 Å². The van der Waals surface area contributed by atoms with E-state index in [0.29, 0.717) is 6.54 Å². The zero-order chi connectivity index (χ0) is 12.1. The molecule has 1 amide bonds. The highest BCUT2D eigenvalue weighted by Crippen LogP contribution is 2.22. The fourth-order valence-electron chi connectivity index (χ4n) is 1.25. The van der Waals surface area contributed by atoms with Gasteiger partial charge in [0.2, 0.25) is 5.91 Å². The first-order valence-corrected chi connectivity index (χ1v) is 6.98. The van der Waals surface area contributed by atoms with Gasteiger partial charge in [-0.15, -0.1) is 11.3 Å². The first-order chi connectivity index (χ1) is 7.56. The van der Waals surface area contributed by atoms with Crippen LogP contribution in [0.4, 0.5) is 0 Å². The van der Waals surface area contributed by atoms with Gasteiger partial charge in [-0.05, 0) is 33.3 Å². The van der Waals surface area contributed by atoms with E-state index in [4.69, 9.17) is 5.73 Å². The smallest absolute Gasteiger partial charge is 0.237 e. The standard InChI is InChI=1S/C11H17BrN2OS/c1-3-7(2)10(13)11(15)14-6-9-8(12)4-5-16-9/h4-5,7,10H,3,6,13H2,1-2H3,(H,14,15). The molecule has 0 bridgehead atoms. The largest absolute Gasteiger partial charge is 0.350 e. The van der Waals surface area contributed by atoms with Crippen LogP contribution in [0.3, 0.4) is 0 Å². The Morgan fingerprint density at radius 3 is 2.88 bits per heavy atom. The third kappa shape index (κ3) is 3.57. The van der Waals surface area contributed by atoms with Gasteiger partial charge in [-0.1, -0.05) is 20.3 Å². The quantitative estimate of drug-likeness (QED) is 0.878. The summed E-state index contributed by atoms with van der Waals surface area (Å²) in [6.45, 7) is 4.57. The maximum atomic E-state index is 11.7. The number of hydrogen-bond donors (Lipinski definition) is 2. The van der Waals surface area contributed by atoms with Crippen molar-refractivity contribution in [1.29, 1.82) is 0 Å². The van der Waals surface area contributed by atoms with E-state index in [0.717, 1.165) is 15.8 Å². The molecule has 1 aromatic rings. The molecule has 0 fully saturated rings. The Labute approximate surface area is 109 Å². The van der Waals surface area contributed by atoms with Crippen LogP contribution in [0.5, 0.6) is 0 Å². The normalized spacial score (nSPS) is 14.5. The Morgan fingerprint density at radius 1 is 1.69 bits per heavy atom. The van der Waals surface area contributed by atoms with Crippen molar-refractivity contribution in [2.75, 3.05) is 0 Å². The highest BCUT2D eigenvalue weighted by atomic mass is 79.9. The van der Waals surface area contributed by atoms with Gasteiger partial charge in [0.05, 0.1) is 12.6 Å². The van der Waals surface area contributed by atoms with Gasteiger partial charge in [0.1, 0.15) is 0 Å². The van der Waals surface area contributed by atoms with Crippen LogP contribution in [0.1, 0.15) is 25.1 Å². The summed E-state index contributed by atoms with van der Waals surface area (Å²) in [7, 11) is 0. The third-order valence-electron chi connectivity index (χ3n) is 2.67. The molecule has 1 heterocycles. The van der Waals surface area contributed by atoms with E-state index in [-0.39, 0.29) is 11.8 Å². The number of amides is 1. The molecule has 3 nitrogen and oxygen atoms in total. The molecule has 2 atom stereocenters. The molecule has 90 valence electrons. The van der Waals surface area contributed by atoms with E-state index in [1.54, 1.807) is 11.3 Å². The predicted molar refractivity (Wildman–Crippen MR) is 71.3 cm³/mol. The number of carbonyl (C=O) groups is 1. The first-order valence-electron chi connectivity index (χ1n) is 5.31. The number of rotatable bonds is 5. The molecule has 0 aliphatic heterocycles. The van der Waals surface area contributed by atoms with E-state index >= 15 is 0 Å². The molecule has 0 spiro atoms. The number of hydrogen-bond acceptors (Lipinski definition) is 3. The van der Waals surface area contributed by atoms with E-state index in [2.05, 4.69) is 21.2 Å². The van der Waals surface area contributed by atoms with Crippen LogP contribution in [0.2, 0.25) is 0 Å². The van der Waals surface area contributed by atoms with E-state index in [1.165, 1.54) is 0 Å². The average Bonchev–Trinajstić information content (AvgIpc) is 2.69. The summed E-state index contributed by atoms with van der Waals surface area (Å²) >= 11 is 5.04. The SMILES string of the molecule is CCC(C)C(N)C(=O)NCc1sccc1Br. The van der Waals surface area contributed by atoms with E-state index in [9.17, 15) is 4.79 Å². The van der Waals surface area contributed by atoms with Gasteiger partial charge in [-0.3, -0.25) is 4.79 Å². The minimum Gasteiger partial charge on any atom is -0.350 e. The summed E-state index contributed by atoms with van der Waals surface area (Å²) in [5, 5.41) is 4.84. The number of carbonyl (C=O) groups excluding carboxylic acids is 1. The zero-order valence-corrected chi connectivity index (χ0v) is 11.9. The minimum atomic E-state index is -0.413. The third-order valence-corrected chi connectivity index (χ3v) is 4.60. The highest BCUT2D eigenvalue weighted by molar-refractivity contribution is 9.10. The van der Waals surface area contributed by atoms with Crippen LogP contribution in [0.25, 0.3) is 0 Å². The predicted octanol–water partition coefficient (Wildman–Crippen LogP) is 2.50. The van der Waals surface area contributed by atoms with E-state index in [1.807, 2.05) is 25.3 Å². The van der Waals surface area contributed by atoms with Crippen LogP contribution in [0, 0.1) is 5.92 Å². The average molecular weight is 305 g/mol. The Hall–Kier alpha value is -0.390. The first kappa shape index (κ1) is 13.7. The second-order valence-electron chi connectivity index (χ2n) is 3.82. The van der Waals surface area contributed by atoms with Crippen molar-refractivity contribution in [2.45, 2.75) is 32.9 Å². The van der Waals surface area contributed by atoms with Crippen molar-refractivity contribution in [1.82, 2.24) is 5.32 Å². The Bertz CT molecular complexity index is 354. The van der Waals surface area contributed by atoms with Gasteiger partial charge in [-0.2, -0.15) is 0 Å². The fraction of sp³-hybridized carbons (Fsp3) is 0.545. The Morgan fingerprint density at radius 2 is 2.38 bits per heavy atom. The summed E-state index contributed by atoms with van der Waals surface area (Å²) in [6.07, 6.45) is 0.914. The van der Waals surface area contributed by atoms with Gasteiger partial charge < -0.3 is 11.1 Å². The molecule has 1 aromatic heterocycles. The summed E-state index contributed by atoms with van der Waals surface area (Å²) in [5.41, 5.74) is 5.83. The second-order valence-corrected chi connectivity index (χ2v) is 5.68. The lowest BCUT2D eigenvalue weighted by Crippen LogP contribution is -2.44. The molecular weight excluding hydrogens is 288 g/mol. The molecule has 0 aromatic carbocycles. The fourth-order valence-corrected chi connectivity index (χ4v) is 2.68. The van der Waals surface area contributed by atoms with Crippen molar-refractivity contribution < 1.29 is 4.79 Å². The summed E-state index contributed by atoms with van der Waals surface area (Å²) < 4.78 is 1.04. The molecular formula is C11H17BrN2OS. The van der Waals surface area contributed by atoms with Crippen molar-refractivity contribution in [3.63, 3.8) is 0 Å². The Kier molecular flexibility index (Phi) is 5.44. The maximum Gasteiger partial charge on any atom is 0.237 e. The van der Waals surface area contributed by atoms with Gasteiger partial charge in [0.25, 0.3) is 0 Å². The maximum absolute atomic E-state index is 11.7. The van der Waals surface area contributed by atoms with Gasteiger partial charge in [0, 0.05) is 9.35 Å². The van der Waals surface area contributed by atoms with Crippen molar-refractivity contribution in [3.8, 4) is 0 Å². The van der Waals surface area contributed by atoms with Gasteiger partial charge >= 0.3 is 0 Å². The minimum absolute atomic E-state index is 0.0744. The summed E-state index contributed by atoms with van der Waals surface area (Å²) in [4.78, 5) is 12.8. The molecule has 0 radical (unpaired) electrons. The lowest BCUT2D eigenvalue weighted by atomic mass is 9.99. The summed E-state index contributed by atoms with van der Waals surface area (Å²) in [5.74, 6) is 0.140. The van der Waals surface area contributed by atoms with Crippen molar-refractivity contribution in [2.24, 2.45) is 11.7 Å². The van der Waals surface area contributed by atoms with Crippen molar-refractivity contribution >= 4 is 33.2 Å². The van der Waals surface area contributed by atoms with Crippen LogP contribution >= 0.6 is 27.3 Å². The number of halogens is 1. The van der Waals surface area contributed by atoms with Crippen LogP contribution in [-0.2, 0) is 11.3 Å². The van der Waals surface area contributed by atoms with Crippen LogP contribution in [-0.4, -0.2) is 11.9 Å². The molecule has 0 aliphatic carbocycles.